The summed E-state index contributed by atoms with van der Waals surface area (Å²) in [4.78, 5) is 0. The molecule has 2 rings (SSSR count). The van der Waals surface area contributed by atoms with Gasteiger partial charge in [-0.15, -0.1) is 0 Å². The van der Waals surface area contributed by atoms with E-state index in [1.165, 1.54) is 17.7 Å². The van der Waals surface area contributed by atoms with E-state index in [-0.39, 0.29) is 17.2 Å². The van der Waals surface area contributed by atoms with Crippen molar-refractivity contribution in [3.8, 4) is 5.75 Å². The molecule has 0 aromatic heterocycles. The maximum atomic E-state index is 13.0. The van der Waals surface area contributed by atoms with Crippen molar-refractivity contribution in [2.24, 2.45) is 5.73 Å². The fraction of sp³-hybridized carbons (Fsp3) is 0.400. The predicted molar refractivity (Wildman–Crippen MR) is 93.4 cm³/mol. The van der Waals surface area contributed by atoms with Crippen LogP contribution in [0.4, 0.5) is 4.39 Å². The van der Waals surface area contributed by atoms with Crippen LogP contribution in [-0.2, 0) is 5.41 Å². The maximum Gasteiger partial charge on any atom is 0.123 e. The third-order valence-electron chi connectivity index (χ3n) is 4.08. The molecule has 3 heteroatoms. The van der Waals surface area contributed by atoms with Gasteiger partial charge in [0.05, 0.1) is 6.61 Å². The van der Waals surface area contributed by atoms with Gasteiger partial charge < -0.3 is 10.5 Å². The Balaban J connectivity index is 1.89. The van der Waals surface area contributed by atoms with E-state index in [0.29, 0.717) is 13.2 Å². The second kappa shape index (κ2) is 7.60. The van der Waals surface area contributed by atoms with Gasteiger partial charge >= 0.3 is 0 Å². The quantitative estimate of drug-likeness (QED) is 0.843. The lowest BCUT2D eigenvalue weighted by Crippen LogP contribution is -2.15. The molecule has 2 aromatic rings. The van der Waals surface area contributed by atoms with Crippen LogP contribution in [0.15, 0.2) is 48.5 Å². The lowest BCUT2D eigenvalue weighted by atomic mass is 9.87. The highest BCUT2D eigenvalue weighted by Crippen LogP contribution is 2.25. The molecule has 0 aliphatic carbocycles. The Morgan fingerprint density at radius 3 is 2.13 bits per heavy atom. The molecule has 23 heavy (non-hydrogen) atoms. The number of benzene rings is 2. The fourth-order valence-corrected chi connectivity index (χ4v) is 2.53. The van der Waals surface area contributed by atoms with Crippen molar-refractivity contribution in [1.82, 2.24) is 0 Å². The Hall–Kier alpha value is -1.87. The van der Waals surface area contributed by atoms with Crippen LogP contribution in [-0.4, -0.2) is 13.2 Å². The Morgan fingerprint density at radius 1 is 1.00 bits per heavy atom. The lowest BCUT2D eigenvalue weighted by molar-refractivity contribution is 0.298. The van der Waals surface area contributed by atoms with Crippen LogP contribution in [0.1, 0.15) is 44.2 Å². The molecule has 0 aliphatic heterocycles. The normalized spacial score (nSPS) is 12.9. The molecule has 0 aliphatic rings. The molecule has 0 saturated heterocycles. The number of nitrogens with two attached hydrogens (primary N) is 1. The minimum Gasteiger partial charge on any atom is -0.494 e. The second-order valence-corrected chi connectivity index (χ2v) is 6.90. The first kappa shape index (κ1) is 17.5. The van der Waals surface area contributed by atoms with E-state index < -0.39 is 0 Å². The van der Waals surface area contributed by atoms with E-state index in [1.807, 2.05) is 12.1 Å². The molecule has 0 amide bonds. The van der Waals surface area contributed by atoms with Crippen LogP contribution < -0.4 is 10.5 Å². The number of hydrogen-bond donors (Lipinski definition) is 1. The van der Waals surface area contributed by atoms with Gasteiger partial charge in [-0.3, -0.25) is 0 Å². The summed E-state index contributed by atoms with van der Waals surface area (Å²) in [7, 11) is 0. The molecular formula is C20H26FNO. The summed E-state index contributed by atoms with van der Waals surface area (Å²) < 4.78 is 18.8. The smallest absolute Gasteiger partial charge is 0.123 e. The van der Waals surface area contributed by atoms with Crippen molar-refractivity contribution in [1.29, 1.82) is 0 Å². The van der Waals surface area contributed by atoms with Gasteiger partial charge in [-0.05, 0) is 59.7 Å². The molecule has 0 saturated carbocycles. The standard InChI is InChI=1S/C20H26FNO/c1-20(2,3)17-6-10-19(11-7-17)23-13-12-16(14-22)15-4-8-18(21)9-5-15/h4-11,16H,12-14,22H2,1-3H3. The van der Waals surface area contributed by atoms with Gasteiger partial charge in [0.1, 0.15) is 11.6 Å². The highest BCUT2D eigenvalue weighted by Gasteiger charge is 2.13. The summed E-state index contributed by atoms with van der Waals surface area (Å²) in [6.07, 6.45) is 0.809. The Bertz CT molecular complexity index is 599. The van der Waals surface area contributed by atoms with E-state index in [9.17, 15) is 4.39 Å². The number of halogens is 1. The van der Waals surface area contributed by atoms with Crippen molar-refractivity contribution in [3.63, 3.8) is 0 Å². The van der Waals surface area contributed by atoms with Crippen molar-refractivity contribution < 1.29 is 9.13 Å². The first-order chi connectivity index (χ1) is 10.9. The largest absolute Gasteiger partial charge is 0.494 e. The second-order valence-electron chi connectivity index (χ2n) is 6.90. The summed E-state index contributed by atoms with van der Waals surface area (Å²) in [6, 6.07) is 14.8. The van der Waals surface area contributed by atoms with Crippen molar-refractivity contribution in [3.05, 3.63) is 65.5 Å². The first-order valence-electron chi connectivity index (χ1n) is 8.09. The Labute approximate surface area is 138 Å². The summed E-state index contributed by atoms with van der Waals surface area (Å²) in [5.41, 5.74) is 8.33. The zero-order chi connectivity index (χ0) is 16.9. The minimum absolute atomic E-state index is 0.145. The average molecular weight is 315 g/mol. The summed E-state index contributed by atoms with van der Waals surface area (Å²) in [5, 5.41) is 0. The summed E-state index contributed by atoms with van der Waals surface area (Å²) >= 11 is 0. The van der Waals surface area contributed by atoms with Crippen LogP contribution >= 0.6 is 0 Å². The van der Waals surface area contributed by atoms with Gasteiger partial charge in [0.2, 0.25) is 0 Å². The maximum absolute atomic E-state index is 13.0. The Morgan fingerprint density at radius 2 is 1.61 bits per heavy atom. The molecule has 0 bridgehead atoms. The van der Waals surface area contributed by atoms with Gasteiger partial charge in [-0.1, -0.05) is 45.0 Å². The molecule has 0 spiro atoms. The molecule has 124 valence electrons. The van der Waals surface area contributed by atoms with E-state index >= 15 is 0 Å². The third kappa shape index (κ3) is 5.07. The van der Waals surface area contributed by atoms with Gasteiger partial charge in [0, 0.05) is 0 Å². The highest BCUT2D eigenvalue weighted by molar-refractivity contribution is 5.31. The topological polar surface area (TPSA) is 35.2 Å². The SMILES string of the molecule is CC(C)(C)c1ccc(OCCC(CN)c2ccc(F)cc2)cc1. The van der Waals surface area contributed by atoms with Gasteiger partial charge in [0.15, 0.2) is 0 Å². The number of rotatable bonds is 6. The molecule has 0 heterocycles. The minimum atomic E-state index is -0.222. The van der Waals surface area contributed by atoms with E-state index in [0.717, 1.165) is 17.7 Å². The summed E-state index contributed by atoms with van der Waals surface area (Å²) in [6.45, 7) is 7.69. The van der Waals surface area contributed by atoms with Crippen molar-refractivity contribution in [2.75, 3.05) is 13.2 Å². The predicted octanol–water partition coefficient (Wildman–Crippen LogP) is 4.63. The fourth-order valence-electron chi connectivity index (χ4n) is 2.53. The van der Waals surface area contributed by atoms with E-state index in [2.05, 4.69) is 32.9 Å². The van der Waals surface area contributed by atoms with Gasteiger partial charge in [-0.2, -0.15) is 0 Å². The van der Waals surface area contributed by atoms with Crippen LogP contribution in [0.5, 0.6) is 5.75 Å². The average Bonchev–Trinajstić information content (AvgIpc) is 2.52. The lowest BCUT2D eigenvalue weighted by Gasteiger charge is -2.19. The van der Waals surface area contributed by atoms with Crippen LogP contribution in [0.25, 0.3) is 0 Å². The molecule has 1 atom stereocenters. The molecular weight excluding hydrogens is 289 g/mol. The number of hydrogen-bond acceptors (Lipinski definition) is 2. The molecule has 2 nitrogen and oxygen atoms in total. The molecule has 0 fully saturated rings. The van der Waals surface area contributed by atoms with Crippen molar-refractivity contribution in [2.45, 2.75) is 38.5 Å². The monoisotopic (exact) mass is 315 g/mol. The molecule has 1 unspecified atom stereocenters. The van der Waals surface area contributed by atoms with Crippen LogP contribution in [0.3, 0.4) is 0 Å². The molecule has 2 aromatic carbocycles. The third-order valence-corrected chi connectivity index (χ3v) is 4.08. The zero-order valence-electron chi connectivity index (χ0n) is 14.2. The summed E-state index contributed by atoms with van der Waals surface area (Å²) in [5.74, 6) is 0.831. The molecule has 0 radical (unpaired) electrons. The van der Waals surface area contributed by atoms with Gasteiger partial charge in [0.25, 0.3) is 0 Å². The zero-order valence-corrected chi connectivity index (χ0v) is 14.2. The highest BCUT2D eigenvalue weighted by atomic mass is 19.1. The van der Waals surface area contributed by atoms with Crippen molar-refractivity contribution >= 4 is 0 Å². The Kier molecular flexibility index (Phi) is 5.78. The first-order valence-corrected chi connectivity index (χ1v) is 8.09. The van der Waals surface area contributed by atoms with Crippen LogP contribution in [0, 0.1) is 5.82 Å². The van der Waals surface area contributed by atoms with Crippen LogP contribution in [0.2, 0.25) is 0 Å². The number of ether oxygens (including phenoxy) is 1. The molecule has 2 N–H and O–H groups in total. The van der Waals surface area contributed by atoms with E-state index in [1.54, 1.807) is 12.1 Å². The van der Waals surface area contributed by atoms with E-state index in [4.69, 9.17) is 10.5 Å². The van der Waals surface area contributed by atoms with Gasteiger partial charge in [-0.25, -0.2) is 4.39 Å².